The number of pyridine rings is 1. The zero-order valence-electron chi connectivity index (χ0n) is 12.2. The molecule has 3 heteroatoms. The van der Waals surface area contributed by atoms with E-state index in [1.807, 2.05) is 18.3 Å². The molecule has 1 unspecified atom stereocenters. The first kappa shape index (κ1) is 15.1. The van der Waals surface area contributed by atoms with Crippen molar-refractivity contribution in [3.05, 3.63) is 30.1 Å². The third-order valence-corrected chi connectivity index (χ3v) is 3.58. The molecule has 3 nitrogen and oxygen atoms in total. The number of likely N-dealkylation sites (N-methyl/N-ethyl adjacent to an activating group) is 1. The highest BCUT2D eigenvalue weighted by Gasteiger charge is 2.11. The predicted molar refractivity (Wildman–Crippen MR) is 77.5 cm³/mol. The van der Waals surface area contributed by atoms with Gasteiger partial charge < -0.3 is 5.32 Å². The highest BCUT2D eigenvalue weighted by atomic mass is 15.2. The van der Waals surface area contributed by atoms with Crippen molar-refractivity contribution in [2.75, 3.05) is 13.6 Å². The summed E-state index contributed by atoms with van der Waals surface area (Å²) in [5.74, 6) is 0. The first-order valence-electron chi connectivity index (χ1n) is 7.00. The van der Waals surface area contributed by atoms with E-state index in [0.717, 1.165) is 18.8 Å². The minimum absolute atomic E-state index is 0.521. The molecule has 0 spiro atoms. The molecule has 0 radical (unpaired) electrons. The van der Waals surface area contributed by atoms with Gasteiger partial charge in [-0.25, -0.2) is 0 Å². The van der Waals surface area contributed by atoms with Gasteiger partial charge in [0.15, 0.2) is 0 Å². The van der Waals surface area contributed by atoms with Crippen molar-refractivity contribution in [1.82, 2.24) is 15.2 Å². The van der Waals surface area contributed by atoms with Gasteiger partial charge in [-0.15, -0.1) is 0 Å². The smallest absolute Gasteiger partial charge is 0.0543 e. The van der Waals surface area contributed by atoms with Gasteiger partial charge in [-0.1, -0.05) is 19.9 Å². The van der Waals surface area contributed by atoms with E-state index >= 15 is 0 Å². The first-order chi connectivity index (χ1) is 8.67. The Morgan fingerprint density at radius 1 is 1.28 bits per heavy atom. The Labute approximate surface area is 112 Å². The average molecular weight is 249 g/mol. The van der Waals surface area contributed by atoms with Gasteiger partial charge in [0.05, 0.1) is 5.69 Å². The Kier molecular flexibility index (Phi) is 6.91. The van der Waals surface area contributed by atoms with Crippen LogP contribution >= 0.6 is 0 Å². The Bertz CT molecular complexity index is 309. The van der Waals surface area contributed by atoms with Gasteiger partial charge in [-0.2, -0.15) is 0 Å². The summed E-state index contributed by atoms with van der Waals surface area (Å²) < 4.78 is 0. The lowest BCUT2D eigenvalue weighted by atomic mass is 10.1. The summed E-state index contributed by atoms with van der Waals surface area (Å²) in [7, 11) is 2.16. The van der Waals surface area contributed by atoms with E-state index in [0.29, 0.717) is 12.1 Å². The van der Waals surface area contributed by atoms with Gasteiger partial charge in [-0.3, -0.25) is 9.88 Å². The van der Waals surface area contributed by atoms with Crippen LogP contribution in [-0.4, -0.2) is 35.6 Å². The fourth-order valence-electron chi connectivity index (χ4n) is 1.97. The van der Waals surface area contributed by atoms with Gasteiger partial charge in [-0.05, 0) is 38.9 Å². The van der Waals surface area contributed by atoms with Crippen molar-refractivity contribution < 1.29 is 0 Å². The van der Waals surface area contributed by atoms with E-state index in [1.54, 1.807) is 0 Å². The maximum absolute atomic E-state index is 4.37. The third kappa shape index (κ3) is 5.15. The summed E-state index contributed by atoms with van der Waals surface area (Å²) in [6.07, 6.45) is 4.26. The summed E-state index contributed by atoms with van der Waals surface area (Å²) in [5, 5.41) is 3.62. The number of rotatable bonds is 8. The summed E-state index contributed by atoms with van der Waals surface area (Å²) in [4.78, 5) is 6.71. The lowest BCUT2D eigenvalue weighted by molar-refractivity contribution is 0.233. The molecule has 1 aromatic rings. The molecule has 18 heavy (non-hydrogen) atoms. The molecule has 0 aliphatic rings. The van der Waals surface area contributed by atoms with Crippen molar-refractivity contribution >= 4 is 0 Å². The quantitative estimate of drug-likeness (QED) is 0.768. The molecule has 0 bridgehead atoms. The Morgan fingerprint density at radius 3 is 2.56 bits per heavy atom. The van der Waals surface area contributed by atoms with Crippen molar-refractivity contribution in [3.63, 3.8) is 0 Å². The minimum atomic E-state index is 0.521. The fraction of sp³-hybridized carbons (Fsp3) is 0.667. The Morgan fingerprint density at radius 2 is 2.00 bits per heavy atom. The number of aromatic nitrogens is 1. The van der Waals surface area contributed by atoms with Crippen LogP contribution in [0.2, 0.25) is 0 Å². The molecule has 0 saturated carbocycles. The van der Waals surface area contributed by atoms with Crippen LogP contribution in [0.5, 0.6) is 0 Å². The molecule has 1 atom stereocenters. The minimum Gasteiger partial charge on any atom is -0.312 e. The predicted octanol–water partition coefficient (Wildman–Crippen LogP) is 2.68. The van der Waals surface area contributed by atoms with E-state index in [9.17, 15) is 0 Å². The van der Waals surface area contributed by atoms with Crippen molar-refractivity contribution in [2.24, 2.45) is 0 Å². The van der Waals surface area contributed by atoms with Gasteiger partial charge in [0.1, 0.15) is 0 Å². The molecule has 0 aromatic carbocycles. The number of hydrogen-bond acceptors (Lipinski definition) is 3. The molecule has 1 N–H and O–H groups in total. The Hall–Kier alpha value is -0.930. The lowest BCUT2D eigenvalue weighted by Gasteiger charge is -2.26. The second kappa shape index (κ2) is 8.22. The second-order valence-corrected chi connectivity index (χ2v) is 5.01. The van der Waals surface area contributed by atoms with E-state index in [1.165, 1.54) is 12.8 Å². The van der Waals surface area contributed by atoms with Gasteiger partial charge in [0.2, 0.25) is 0 Å². The molecular formula is C15H27N3. The Balaban J connectivity index is 2.35. The standard InChI is InChI=1S/C15H27N3/c1-5-14(6-2)17-11-13(3)18(4)12-15-9-7-8-10-16-15/h7-10,13-14,17H,5-6,11-12H2,1-4H3. The normalized spacial score (nSPS) is 13.2. The van der Waals surface area contributed by atoms with Crippen LogP contribution in [0.15, 0.2) is 24.4 Å². The molecule has 102 valence electrons. The fourth-order valence-corrected chi connectivity index (χ4v) is 1.97. The molecule has 0 aliphatic heterocycles. The number of nitrogens with one attached hydrogen (secondary N) is 1. The van der Waals surface area contributed by atoms with E-state index in [-0.39, 0.29) is 0 Å². The van der Waals surface area contributed by atoms with Crippen molar-refractivity contribution in [3.8, 4) is 0 Å². The summed E-state index contributed by atoms with van der Waals surface area (Å²) in [6.45, 7) is 8.69. The van der Waals surface area contributed by atoms with E-state index in [2.05, 4.69) is 49.1 Å². The van der Waals surface area contributed by atoms with Crippen molar-refractivity contribution in [2.45, 2.75) is 52.2 Å². The SMILES string of the molecule is CCC(CC)NCC(C)N(C)Cc1ccccn1. The maximum atomic E-state index is 4.37. The third-order valence-electron chi connectivity index (χ3n) is 3.58. The zero-order chi connectivity index (χ0) is 13.4. The van der Waals surface area contributed by atoms with Crippen LogP contribution in [0.1, 0.15) is 39.3 Å². The monoisotopic (exact) mass is 249 g/mol. The molecule has 0 fully saturated rings. The van der Waals surface area contributed by atoms with E-state index < -0.39 is 0 Å². The van der Waals surface area contributed by atoms with Crippen LogP contribution in [0.25, 0.3) is 0 Å². The maximum Gasteiger partial charge on any atom is 0.0543 e. The highest BCUT2D eigenvalue weighted by Crippen LogP contribution is 2.04. The molecule has 0 amide bonds. The van der Waals surface area contributed by atoms with Crippen LogP contribution in [-0.2, 0) is 6.54 Å². The first-order valence-corrected chi connectivity index (χ1v) is 7.00. The molecule has 0 aliphatic carbocycles. The van der Waals surface area contributed by atoms with Crippen LogP contribution in [0.3, 0.4) is 0 Å². The van der Waals surface area contributed by atoms with Crippen LogP contribution in [0, 0.1) is 0 Å². The average Bonchev–Trinajstić information content (AvgIpc) is 2.40. The van der Waals surface area contributed by atoms with Crippen LogP contribution in [0.4, 0.5) is 0 Å². The number of hydrogen-bond donors (Lipinski definition) is 1. The summed E-state index contributed by atoms with van der Waals surface area (Å²) in [6, 6.07) is 7.26. The van der Waals surface area contributed by atoms with E-state index in [4.69, 9.17) is 0 Å². The molecule has 1 rings (SSSR count). The van der Waals surface area contributed by atoms with Gasteiger partial charge in [0, 0.05) is 31.4 Å². The molecule has 1 aromatic heterocycles. The second-order valence-electron chi connectivity index (χ2n) is 5.01. The number of nitrogens with zero attached hydrogens (tertiary/aromatic N) is 2. The topological polar surface area (TPSA) is 28.2 Å². The highest BCUT2D eigenvalue weighted by molar-refractivity contribution is 5.03. The summed E-state index contributed by atoms with van der Waals surface area (Å²) in [5.41, 5.74) is 1.13. The molecule has 1 heterocycles. The van der Waals surface area contributed by atoms with Gasteiger partial charge in [0.25, 0.3) is 0 Å². The molecule has 0 saturated heterocycles. The van der Waals surface area contributed by atoms with Crippen LogP contribution < -0.4 is 5.32 Å². The van der Waals surface area contributed by atoms with Gasteiger partial charge >= 0.3 is 0 Å². The summed E-state index contributed by atoms with van der Waals surface area (Å²) >= 11 is 0. The largest absolute Gasteiger partial charge is 0.312 e. The zero-order valence-corrected chi connectivity index (χ0v) is 12.2. The molecular weight excluding hydrogens is 222 g/mol. The lowest BCUT2D eigenvalue weighted by Crippen LogP contribution is -2.41. The van der Waals surface area contributed by atoms with Crippen molar-refractivity contribution in [1.29, 1.82) is 0 Å².